The zero-order valence-corrected chi connectivity index (χ0v) is 17.1. The molecule has 1 atom stereocenters. The molecule has 1 heterocycles. The van der Waals surface area contributed by atoms with Crippen LogP contribution in [0.25, 0.3) is 11.4 Å². The fraction of sp³-hybridized carbons (Fsp3) is 0.318. The summed E-state index contributed by atoms with van der Waals surface area (Å²) in [5.74, 6) is 2.95. The van der Waals surface area contributed by atoms with Gasteiger partial charge in [0.25, 0.3) is 0 Å². The second-order valence-corrected chi connectivity index (χ2v) is 6.83. The van der Waals surface area contributed by atoms with Crippen molar-refractivity contribution in [3.05, 3.63) is 66.0 Å². The van der Waals surface area contributed by atoms with Gasteiger partial charge in [0.05, 0.1) is 13.7 Å². The van der Waals surface area contributed by atoms with Crippen LogP contribution in [0.15, 0.2) is 59.6 Å². The first-order valence-electron chi connectivity index (χ1n) is 9.74. The van der Waals surface area contributed by atoms with E-state index in [0.29, 0.717) is 18.4 Å². The number of aliphatic imine (C=N–C) groups is 1. The van der Waals surface area contributed by atoms with Crippen LogP contribution in [-0.4, -0.2) is 41.3 Å². The van der Waals surface area contributed by atoms with E-state index in [1.165, 1.54) is 5.56 Å². The normalized spacial score (nSPS) is 12.4. The van der Waals surface area contributed by atoms with E-state index >= 15 is 0 Å². The molecule has 7 heteroatoms. The molecule has 1 unspecified atom stereocenters. The highest BCUT2D eigenvalue weighted by atomic mass is 16.5. The Hall–Kier alpha value is -3.35. The van der Waals surface area contributed by atoms with Gasteiger partial charge in [0.1, 0.15) is 11.6 Å². The van der Waals surface area contributed by atoms with Gasteiger partial charge in [0.2, 0.25) is 0 Å². The van der Waals surface area contributed by atoms with Gasteiger partial charge in [0, 0.05) is 18.7 Å². The quantitative estimate of drug-likeness (QED) is 0.405. The smallest absolute Gasteiger partial charge is 0.191 e. The third-order valence-electron chi connectivity index (χ3n) is 4.62. The molecule has 0 amide bonds. The zero-order chi connectivity index (χ0) is 20.5. The molecule has 2 aromatic carbocycles. The van der Waals surface area contributed by atoms with Crippen LogP contribution in [0.1, 0.15) is 24.7 Å². The number of ether oxygens (including phenoxy) is 1. The molecule has 0 spiro atoms. The third kappa shape index (κ3) is 6.07. The second kappa shape index (κ2) is 10.3. The van der Waals surface area contributed by atoms with E-state index in [1.807, 2.05) is 30.3 Å². The van der Waals surface area contributed by atoms with Gasteiger partial charge < -0.3 is 15.4 Å². The molecule has 0 saturated heterocycles. The lowest BCUT2D eigenvalue weighted by molar-refractivity contribution is 0.415. The number of methoxy groups -OCH3 is 1. The molecule has 152 valence electrons. The van der Waals surface area contributed by atoms with Crippen LogP contribution < -0.4 is 15.4 Å². The van der Waals surface area contributed by atoms with Gasteiger partial charge in [0.15, 0.2) is 11.8 Å². The minimum absolute atomic E-state index is 0.297. The first-order valence-corrected chi connectivity index (χ1v) is 9.74. The van der Waals surface area contributed by atoms with Crippen LogP contribution in [0.3, 0.4) is 0 Å². The Balaban J connectivity index is 1.48. The summed E-state index contributed by atoms with van der Waals surface area (Å²) in [5.41, 5.74) is 2.28. The number of aromatic nitrogens is 3. The van der Waals surface area contributed by atoms with Crippen molar-refractivity contribution in [2.75, 3.05) is 14.2 Å². The summed E-state index contributed by atoms with van der Waals surface area (Å²) in [6.45, 7) is 2.67. The Morgan fingerprint density at radius 1 is 1.14 bits per heavy atom. The lowest BCUT2D eigenvalue weighted by Gasteiger charge is -2.17. The largest absolute Gasteiger partial charge is 0.497 e. The van der Waals surface area contributed by atoms with Crippen LogP contribution >= 0.6 is 0 Å². The predicted octanol–water partition coefficient (Wildman–Crippen LogP) is 3.17. The van der Waals surface area contributed by atoms with E-state index in [2.05, 4.69) is 62.0 Å². The van der Waals surface area contributed by atoms with Gasteiger partial charge in [-0.05, 0) is 49.6 Å². The molecule has 7 nitrogen and oxygen atoms in total. The zero-order valence-electron chi connectivity index (χ0n) is 17.1. The molecule has 0 radical (unpaired) electrons. The van der Waals surface area contributed by atoms with Crippen molar-refractivity contribution in [1.29, 1.82) is 0 Å². The maximum Gasteiger partial charge on any atom is 0.191 e. The number of nitrogens with one attached hydrogen (secondary N) is 3. The van der Waals surface area contributed by atoms with E-state index in [-0.39, 0.29) is 0 Å². The fourth-order valence-electron chi connectivity index (χ4n) is 2.94. The fourth-order valence-corrected chi connectivity index (χ4v) is 2.94. The number of hydrogen-bond donors (Lipinski definition) is 3. The van der Waals surface area contributed by atoms with E-state index in [0.717, 1.165) is 35.9 Å². The van der Waals surface area contributed by atoms with Crippen molar-refractivity contribution in [2.45, 2.75) is 32.4 Å². The van der Waals surface area contributed by atoms with Crippen LogP contribution in [-0.2, 0) is 13.0 Å². The average Bonchev–Trinajstić information content (AvgIpc) is 3.25. The highest BCUT2D eigenvalue weighted by Crippen LogP contribution is 2.18. The average molecular weight is 393 g/mol. The summed E-state index contributed by atoms with van der Waals surface area (Å²) in [7, 11) is 3.41. The Kier molecular flexibility index (Phi) is 7.22. The van der Waals surface area contributed by atoms with E-state index in [1.54, 1.807) is 14.2 Å². The topological polar surface area (TPSA) is 87.2 Å². The molecule has 0 saturated carbocycles. The number of H-pyrrole nitrogens is 1. The first kappa shape index (κ1) is 20.4. The van der Waals surface area contributed by atoms with E-state index < -0.39 is 0 Å². The number of benzene rings is 2. The van der Waals surface area contributed by atoms with Gasteiger partial charge in [-0.1, -0.05) is 30.3 Å². The Labute approximate surface area is 171 Å². The molecule has 0 bridgehead atoms. The first-order chi connectivity index (χ1) is 14.2. The van der Waals surface area contributed by atoms with Crippen molar-refractivity contribution in [3.8, 4) is 17.1 Å². The van der Waals surface area contributed by atoms with Gasteiger partial charge in [-0.15, -0.1) is 0 Å². The molecule has 0 aliphatic rings. The SMILES string of the molecule is CN=C(NCc1nc(-c2ccc(OC)cc2)n[nH]1)NC(C)CCc1ccccc1. The Morgan fingerprint density at radius 3 is 2.59 bits per heavy atom. The second-order valence-electron chi connectivity index (χ2n) is 6.83. The maximum absolute atomic E-state index is 5.18. The van der Waals surface area contributed by atoms with Crippen LogP contribution in [0.5, 0.6) is 5.75 Å². The van der Waals surface area contributed by atoms with Gasteiger partial charge in [-0.2, -0.15) is 5.10 Å². The van der Waals surface area contributed by atoms with Gasteiger partial charge >= 0.3 is 0 Å². The van der Waals surface area contributed by atoms with Crippen LogP contribution in [0, 0.1) is 0 Å². The number of aromatic amines is 1. The van der Waals surface area contributed by atoms with E-state index in [4.69, 9.17) is 4.74 Å². The number of nitrogens with zero attached hydrogens (tertiary/aromatic N) is 3. The molecule has 3 N–H and O–H groups in total. The molecule has 3 aromatic rings. The summed E-state index contributed by atoms with van der Waals surface area (Å²) in [5, 5.41) is 14.0. The Bertz CT molecular complexity index is 905. The number of guanidine groups is 1. The minimum Gasteiger partial charge on any atom is -0.497 e. The van der Waals surface area contributed by atoms with Crippen molar-refractivity contribution in [3.63, 3.8) is 0 Å². The van der Waals surface area contributed by atoms with Gasteiger partial charge in [-0.3, -0.25) is 10.1 Å². The maximum atomic E-state index is 5.18. The number of rotatable bonds is 8. The van der Waals surface area contributed by atoms with Crippen molar-refractivity contribution < 1.29 is 4.74 Å². The van der Waals surface area contributed by atoms with Crippen LogP contribution in [0.2, 0.25) is 0 Å². The lowest BCUT2D eigenvalue weighted by atomic mass is 10.1. The summed E-state index contributed by atoms with van der Waals surface area (Å²) in [6, 6.07) is 18.5. The standard InChI is InChI=1S/C22H28N6O/c1-16(9-10-17-7-5-4-6-8-17)25-22(23-2)24-15-20-26-21(28-27-20)18-11-13-19(29-3)14-12-18/h4-8,11-14,16H,9-10,15H2,1-3H3,(H2,23,24,25)(H,26,27,28). The summed E-state index contributed by atoms with van der Waals surface area (Å²) < 4.78 is 5.18. The van der Waals surface area contributed by atoms with E-state index in [9.17, 15) is 0 Å². The summed E-state index contributed by atoms with van der Waals surface area (Å²) in [6.07, 6.45) is 2.05. The molecule has 0 aliphatic carbocycles. The summed E-state index contributed by atoms with van der Waals surface area (Å²) >= 11 is 0. The highest BCUT2D eigenvalue weighted by Gasteiger charge is 2.09. The molecule has 29 heavy (non-hydrogen) atoms. The molecule has 3 rings (SSSR count). The van der Waals surface area contributed by atoms with Crippen molar-refractivity contribution in [2.24, 2.45) is 4.99 Å². The molecular weight excluding hydrogens is 364 g/mol. The lowest BCUT2D eigenvalue weighted by Crippen LogP contribution is -2.42. The summed E-state index contributed by atoms with van der Waals surface area (Å²) in [4.78, 5) is 8.85. The molecule has 0 aliphatic heterocycles. The van der Waals surface area contributed by atoms with Crippen molar-refractivity contribution >= 4 is 5.96 Å². The molecular formula is C22H28N6O. The monoisotopic (exact) mass is 392 g/mol. The molecule has 1 aromatic heterocycles. The Morgan fingerprint density at radius 2 is 1.90 bits per heavy atom. The number of hydrogen-bond acceptors (Lipinski definition) is 4. The third-order valence-corrected chi connectivity index (χ3v) is 4.62. The minimum atomic E-state index is 0.297. The number of aryl methyl sites for hydroxylation is 1. The van der Waals surface area contributed by atoms with Crippen molar-refractivity contribution in [1.82, 2.24) is 25.8 Å². The predicted molar refractivity (Wildman–Crippen MR) is 116 cm³/mol. The highest BCUT2D eigenvalue weighted by molar-refractivity contribution is 5.79. The molecule has 0 fully saturated rings. The van der Waals surface area contributed by atoms with Crippen LogP contribution in [0.4, 0.5) is 0 Å². The van der Waals surface area contributed by atoms with Gasteiger partial charge in [-0.25, -0.2) is 4.98 Å².